The predicted octanol–water partition coefficient (Wildman–Crippen LogP) is 2.96. The average molecular weight is 259 g/mol. The van der Waals surface area contributed by atoms with Crippen LogP contribution in [0.4, 0.5) is 5.82 Å². The van der Waals surface area contributed by atoms with Gasteiger partial charge >= 0.3 is 0 Å². The molecule has 1 saturated heterocycles. The van der Waals surface area contributed by atoms with Crippen LogP contribution < -0.4 is 10.2 Å². The van der Waals surface area contributed by atoms with Gasteiger partial charge in [0.05, 0.1) is 0 Å². The maximum atomic E-state index is 4.59. The Labute approximate surface area is 116 Å². The summed E-state index contributed by atoms with van der Waals surface area (Å²) < 4.78 is 0. The van der Waals surface area contributed by atoms with Gasteiger partial charge in [-0.3, -0.25) is 0 Å². The van der Waals surface area contributed by atoms with Crippen molar-refractivity contribution in [2.24, 2.45) is 5.92 Å². The van der Waals surface area contributed by atoms with E-state index in [1.807, 2.05) is 6.20 Å². The molecule has 1 saturated carbocycles. The molecular weight excluding hydrogens is 234 g/mol. The Morgan fingerprint density at radius 1 is 1.37 bits per heavy atom. The first-order valence-corrected chi connectivity index (χ1v) is 7.69. The van der Waals surface area contributed by atoms with Crippen molar-refractivity contribution >= 4 is 5.82 Å². The van der Waals surface area contributed by atoms with Gasteiger partial charge in [-0.25, -0.2) is 4.98 Å². The molecular formula is C16H25N3. The van der Waals surface area contributed by atoms with Crippen LogP contribution in [-0.4, -0.2) is 23.6 Å². The van der Waals surface area contributed by atoms with E-state index in [2.05, 4.69) is 41.2 Å². The second-order valence-corrected chi connectivity index (χ2v) is 6.32. The SMILES string of the molecule is CC(C)C1CCCN1c1cc(CNC2CC2)ccn1. The number of nitrogens with one attached hydrogen (secondary N) is 1. The van der Waals surface area contributed by atoms with E-state index >= 15 is 0 Å². The summed E-state index contributed by atoms with van der Waals surface area (Å²) in [5, 5.41) is 3.58. The maximum absolute atomic E-state index is 4.59. The summed E-state index contributed by atoms with van der Waals surface area (Å²) >= 11 is 0. The first kappa shape index (κ1) is 12.9. The van der Waals surface area contributed by atoms with Crippen LogP contribution in [0.25, 0.3) is 0 Å². The molecule has 0 aromatic carbocycles. The molecule has 0 spiro atoms. The molecule has 1 aromatic heterocycles. The molecule has 1 unspecified atom stereocenters. The number of nitrogens with zero attached hydrogens (tertiary/aromatic N) is 2. The highest BCUT2D eigenvalue weighted by Gasteiger charge is 2.28. The zero-order valence-electron chi connectivity index (χ0n) is 12.1. The molecule has 3 rings (SSSR count). The Hall–Kier alpha value is -1.09. The van der Waals surface area contributed by atoms with Gasteiger partial charge in [0, 0.05) is 31.4 Å². The van der Waals surface area contributed by atoms with E-state index in [0.29, 0.717) is 12.0 Å². The molecule has 2 fully saturated rings. The fourth-order valence-corrected chi connectivity index (χ4v) is 3.05. The van der Waals surface area contributed by atoms with Gasteiger partial charge in [0.1, 0.15) is 5.82 Å². The number of rotatable bonds is 5. The van der Waals surface area contributed by atoms with Gasteiger partial charge in [-0.05, 0) is 49.3 Å². The standard InChI is InChI=1S/C16H25N3/c1-12(2)15-4-3-9-19(15)16-10-13(7-8-17-16)11-18-14-5-6-14/h7-8,10,12,14-15,18H,3-6,9,11H2,1-2H3. The summed E-state index contributed by atoms with van der Waals surface area (Å²) in [6.45, 7) is 6.79. The summed E-state index contributed by atoms with van der Waals surface area (Å²) in [7, 11) is 0. The van der Waals surface area contributed by atoms with Gasteiger partial charge < -0.3 is 10.2 Å². The van der Waals surface area contributed by atoms with Crippen LogP contribution in [-0.2, 0) is 6.54 Å². The lowest BCUT2D eigenvalue weighted by molar-refractivity contribution is 0.489. The van der Waals surface area contributed by atoms with Gasteiger partial charge in [-0.1, -0.05) is 13.8 Å². The lowest BCUT2D eigenvalue weighted by Gasteiger charge is -2.29. The molecule has 1 aliphatic carbocycles. The van der Waals surface area contributed by atoms with Crippen molar-refractivity contribution in [1.29, 1.82) is 0 Å². The number of anilines is 1. The third kappa shape index (κ3) is 3.08. The van der Waals surface area contributed by atoms with Crippen molar-refractivity contribution in [1.82, 2.24) is 10.3 Å². The highest BCUT2D eigenvalue weighted by atomic mass is 15.2. The number of hydrogen-bond donors (Lipinski definition) is 1. The predicted molar refractivity (Wildman–Crippen MR) is 79.3 cm³/mol. The third-order valence-corrected chi connectivity index (χ3v) is 4.35. The van der Waals surface area contributed by atoms with Gasteiger partial charge in [-0.2, -0.15) is 0 Å². The third-order valence-electron chi connectivity index (χ3n) is 4.35. The van der Waals surface area contributed by atoms with Crippen LogP contribution in [0.15, 0.2) is 18.3 Å². The van der Waals surface area contributed by atoms with Gasteiger partial charge in [0.25, 0.3) is 0 Å². The maximum Gasteiger partial charge on any atom is 0.129 e. The van der Waals surface area contributed by atoms with E-state index in [-0.39, 0.29) is 0 Å². The largest absolute Gasteiger partial charge is 0.353 e. The smallest absolute Gasteiger partial charge is 0.129 e. The monoisotopic (exact) mass is 259 g/mol. The highest BCUT2D eigenvalue weighted by Crippen LogP contribution is 2.28. The minimum atomic E-state index is 0.666. The minimum Gasteiger partial charge on any atom is -0.353 e. The second-order valence-electron chi connectivity index (χ2n) is 6.32. The average Bonchev–Trinajstić information content (AvgIpc) is 3.10. The van der Waals surface area contributed by atoms with Gasteiger partial charge in [-0.15, -0.1) is 0 Å². The summed E-state index contributed by atoms with van der Waals surface area (Å²) in [4.78, 5) is 7.10. The molecule has 0 amide bonds. The summed E-state index contributed by atoms with van der Waals surface area (Å²) in [6.07, 6.45) is 7.27. The van der Waals surface area contributed by atoms with Crippen molar-refractivity contribution in [3.8, 4) is 0 Å². The van der Waals surface area contributed by atoms with Crippen molar-refractivity contribution in [3.63, 3.8) is 0 Å². The minimum absolute atomic E-state index is 0.666. The molecule has 0 bridgehead atoms. The zero-order valence-corrected chi connectivity index (χ0v) is 12.1. The van der Waals surface area contributed by atoms with Crippen LogP contribution in [0.3, 0.4) is 0 Å². The molecule has 3 nitrogen and oxygen atoms in total. The normalized spacial score (nSPS) is 23.3. The Balaban J connectivity index is 1.70. The van der Waals surface area contributed by atoms with Crippen molar-refractivity contribution in [3.05, 3.63) is 23.9 Å². The number of pyridine rings is 1. The summed E-state index contributed by atoms with van der Waals surface area (Å²) in [5.41, 5.74) is 1.37. The molecule has 1 atom stereocenters. The molecule has 0 radical (unpaired) electrons. The highest BCUT2D eigenvalue weighted by molar-refractivity contribution is 5.43. The fraction of sp³-hybridized carbons (Fsp3) is 0.688. The van der Waals surface area contributed by atoms with Gasteiger partial charge in [0.2, 0.25) is 0 Å². The van der Waals surface area contributed by atoms with E-state index in [1.54, 1.807) is 0 Å². The van der Waals surface area contributed by atoms with E-state index in [4.69, 9.17) is 0 Å². The zero-order chi connectivity index (χ0) is 13.2. The summed E-state index contributed by atoms with van der Waals surface area (Å²) in [5.74, 6) is 1.88. The number of aromatic nitrogens is 1. The van der Waals surface area contributed by atoms with Crippen LogP contribution >= 0.6 is 0 Å². The molecule has 1 aliphatic heterocycles. The van der Waals surface area contributed by atoms with Gasteiger partial charge in [0.15, 0.2) is 0 Å². The van der Waals surface area contributed by atoms with Crippen LogP contribution in [0.2, 0.25) is 0 Å². The molecule has 2 heterocycles. The first-order valence-electron chi connectivity index (χ1n) is 7.69. The lowest BCUT2D eigenvalue weighted by atomic mass is 10.0. The lowest BCUT2D eigenvalue weighted by Crippen LogP contribution is -2.34. The molecule has 1 aromatic rings. The summed E-state index contributed by atoms with van der Waals surface area (Å²) in [6, 6.07) is 5.85. The molecule has 19 heavy (non-hydrogen) atoms. The van der Waals surface area contributed by atoms with Crippen molar-refractivity contribution in [2.45, 2.75) is 58.2 Å². The van der Waals surface area contributed by atoms with Crippen molar-refractivity contribution in [2.75, 3.05) is 11.4 Å². The Morgan fingerprint density at radius 3 is 2.95 bits per heavy atom. The molecule has 3 heteroatoms. The van der Waals surface area contributed by atoms with E-state index in [9.17, 15) is 0 Å². The Morgan fingerprint density at radius 2 is 2.21 bits per heavy atom. The van der Waals surface area contributed by atoms with Crippen LogP contribution in [0, 0.1) is 5.92 Å². The van der Waals surface area contributed by atoms with Crippen LogP contribution in [0.1, 0.15) is 45.1 Å². The van der Waals surface area contributed by atoms with Crippen LogP contribution in [0.5, 0.6) is 0 Å². The van der Waals surface area contributed by atoms with E-state index < -0.39 is 0 Å². The molecule has 2 aliphatic rings. The fourth-order valence-electron chi connectivity index (χ4n) is 3.05. The van der Waals surface area contributed by atoms with E-state index in [1.165, 1.54) is 37.1 Å². The Kier molecular flexibility index (Phi) is 3.74. The molecule has 104 valence electrons. The Bertz CT molecular complexity index is 426. The molecule has 1 N–H and O–H groups in total. The topological polar surface area (TPSA) is 28.2 Å². The van der Waals surface area contributed by atoms with Crippen molar-refractivity contribution < 1.29 is 0 Å². The quantitative estimate of drug-likeness (QED) is 0.881. The van der Waals surface area contributed by atoms with E-state index in [0.717, 1.165) is 19.1 Å². The second kappa shape index (κ2) is 5.49. The first-order chi connectivity index (χ1) is 9.24. The number of hydrogen-bond acceptors (Lipinski definition) is 3.